The predicted octanol–water partition coefficient (Wildman–Crippen LogP) is 7.61. The number of carboxylic acids is 1. The molecule has 2 unspecified atom stereocenters. The van der Waals surface area contributed by atoms with Gasteiger partial charge in [-0.05, 0) is 72.9 Å². The molecule has 5 aromatic rings. The van der Waals surface area contributed by atoms with Gasteiger partial charge >= 0.3 is 5.97 Å². The van der Waals surface area contributed by atoms with Gasteiger partial charge in [0.2, 0.25) is 0 Å². The molecule has 0 saturated carbocycles. The van der Waals surface area contributed by atoms with E-state index >= 15 is 0 Å². The molecular formula is C32H29ClN2O3. The van der Waals surface area contributed by atoms with Crippen molar-refractivity contribution in [2.24, 2.45) is 5.92 Å². The monoisotopic (exact) mass is 524 g/mol. The summed E-state index contributed by atoms with van der Waals surface area (Å²) in [5, 5.41) is 12.8. The first kappa shape index (κ1) is 24.5. The molecule has 0 fully saturated rings. The van der Waals surface area contributed by atoms with Gasteiger partial charge in [0.25, 0.3) is 0 Å². The fourth-order valence-corrected chi connectivity index (χ4v) is 5.91. The van der Waals surface area contributed by atoms with E-state index < -0.39 is 11.9 Å². The molecule has 38 heavy (non-hydrogen) atoms. The van der Waals surface area contributed by atoms with Crippen molar-refractivity contribution in [1.82, 2.24) is 9.55 Å². The van der Waals surface area contributed by atoms with Crippen LogP contribution >= 0.6 is 11.6 Å². The van der Waals surface area contributed by atoms with Gasteiger partial charge < -0.3 is 14.4 Å². The quantitative estimate of drug-likeness (QED) is 0.238. The van der Waals surface area contributed by atoms with Gasteiger partial charge in [-0.15, -0.1) is 0 Å². The Balaban J connectivity index is 1.38. The summed E-state index contributed by atoms with van der Waals surface area (Å²) in [5.41, 5.74) is 6.45. The van der Waals surface area contributed by atoms with E-state index in [4.69, 9.17) is 21.3 Å². The maximum Gasteiger partial charge on any atom is 0.306 e. The number of aromatic nitrogens is 2. The third-order valence-corrected chi connectivity index (χ3v) is 8.02. The van der Waals surface area contributed by atoms with Crippen molar-refractivity contribution in [3.05, 3.63) is 106 Å². The van der Waals surface area contributed by atoms with Gasteiger partial charge in [-0.25, -0.2) is 4.98 Å². The second kappa shape index (κ2) is 10.1. The van der Waals surface area contributed by atoms with E-state index in [0.717, 1.165) is 63.8 Å². The first-order chi connectivity index (χ1) is 18.5. The summed E-state index contributed by atoms with van der Waals surface area (Å²) >= 11 is 6.13. The number of benzene rings is 3. The number of hydrogen-bond acceptors (Lipinski definition) is 3. The Kier molecular flexibility index (Phi) is 6.54. The molecule has 2 aromatic heterocycles. The fourth-order valence-electron chi connectivity index (χ4n) is 5.78. The van der Waals surface area contributed by atoms with Gasteiger partial charge in [-0.3, -0.25) is 4.79 Å². The van der Waals surface area contributed by atoms with Crippen LogP contribution in [-0.4, -0.2) is 20.6 Å². The van der Waals surface area contributed by atoms with Gasteiger partial charge in [0, 0.05) is 39.5 Å². The summed E-state index contributed by atoms with van der Waals surface area (Å²) < 4.78 is 8.52. The number of aryl methyl sites for hydroxylation is 1. The second-order valence-electron chi connectivity index (χ2n) is 10.2. The molecule has 0 bridgehead atoms. The van der Waals surface area contributed by atoms with Crippen LogP contribution < -0.4 is 4.74 Å². The van der Waals surface area contributed by atoms with Crippen LogP contribution in [0.2, 0.25) is 5.02 Å². The van der Waals surface area contributed by atoms with Crippen LogP contribution in [0.5, 0.6) is 5.75 Å². The van der Waals surface area contributed by atoms with Gasteiger partial charge in [-0.1, -0.05) is 54.9 Å². The molecule has 6 rings (SSSR count). The number of pyridine rings is 1. The number of carbonyl (C=O) groups is 1. The second-order valence-corrected chi connectivity index (χ2v) is 10.6. The molecule has 0 spiro atoms. The maximum atomic E-state index is 12.0. The highest BCUT2D eigenvalue weighted by molar-refractivity contribution is 6.30. The molecular weight excluding hydrogens is 496 g/mol. The van der Waals surface area contributed by atoms with Crippen LogP contribution in [-0.2, 0) is 24.4 Å². The van der Waals surface area contributed by atoms with Gasteiger partial charge in [0.1, 0.15) is 12.4 Å². The van der Waals surface area contributed by atoms with Crippen molar-refractivity contribution >= 4 is 39.4 Å². The van der Waals surface area contributed by atoms with E-state index in [1.807, 2.05) is 61.5 Å². The Bertz CT molecular complexity index is 1640. The Morgan fingerprint density at radius 2 is 1.92 bits per heavy atom. The number of hydrogen-bond donors (Lipinski definition) is 1. The summed E-state index contributed by atoms with van der Waals surface area (Å²) in [6.07, 6.45) is 2.77. The zero-order valence-corrected chi connectivity index (χ0v) is 22.0. The number of aliphatic carboxylic acids is 1. The van der Waals surface area contributed by atoms with E-state index in [2.05, 4.69) is 28.8 Å². The molecule has 0 saturated heterocycles. The number of ether oxygens (including phenoxy) is 1. The fraction of sp³-hybridized carbons (Fsp3) is 0.250. The van der Waals surface area contributed by atoms with Crippen molar-refractivity contribution in [3.63, 3.8) is 0 Å². The van der Waals surface area contributed by atoms with Crippen LogP contribution in [0.4, 0.5) is 0 Å². The molecule has 5 nitrogen and oxygen atoms in total. The molecule has 2 atom stereocenters. The summed E-state index contributed by atoms with van der Waals surface area (Å²) in [6.45, 7) is 2.87. The Labute approximate surface area is 226 Å². The number of para-hydroxylation sites is 1. The Morgan fingerprint density at radius 1 is 1.11 bits per heavy atom. The van der Waals surface area contributed by atoms with Gasteiger partial charge in [0.05, 0.1) is 17.1 Å². The average molecular weight is 525 g/mol. The minimum Gasteiger partial charge on any atom is -0.487 e. The third kappa shape index (κ3) is 4.63. The van der Waals surface area contributed by atoms with Crippen molar-refractivity contribution in [2.75, 3.05) is 0 Å². The highest BCUT2D eigenvalue weighted by Crippen LogP contribution is 2.43. The summed E-state index contributed by atoms with van der Waals surface area (Å²) in [6, 6.07) is 26.2. The molecule has 0 amide bonds. The van der Waals surface area contributed by atoms with Crippen LogP contribution in [0.3, 0.4) is 0 Å². The normalized spacial score (nSPS) is 15.9. The lowest BCUT2D eigenvalue weighted by atomic mass is 9.79. The lowest BCUT2D eigenvalue weighted by Crippen LogP contribution is -2.25. The van der Waals surface area contributed by atoms with Crippen LogP contribution in [0.1, 0.15) is 48.2 Å². The number of nitrogens with zero attached hydrogens (tertiary/aromatic N) is 2. The average Bonchev–Trinajstić information content (AvgIpc) is 3.25. The molecule has 6 heteroatoms. The first-order valence-corrected chi connectivity index (χ1v) is 13.5. The third-order valence-electron chi connectivity index (χ3n) is 7.77. The number of halogens is 1. The van der Waals surface area contributed by atoms with Crippen LogP contribution in [0.25, 0.3) is 21.8 Å². The summed E-state index contributed by atoms with van der Waals surface area (Å²) in [7, 11) is 0. The van der Waals surface area contributed by atoms with Crippen molar-refractivity contribution in [2.45, 2.75) is 45.3 Å². The minimum atomic E-state index is -0.752. The zero-order valence-electron chi connectivity index (χ0n) is 21.2. The summed E-state index contributed by atoms with van der Waals surface area (Å²) in [5.74, 6) is -0.468. The van der Waals surface area contributed by atoms with Crippen molar-refractivity contribution in [1.29, 1.82) is 0 Å². The minimum absolute atomic E-state index is 0.0397. The lowest BCUT2D eigenvalue weighted by Gasteiger charge is -2.28. The largest absolute Gasteiger partial charge is 0.487 e. The zero-order chi connectivity index (χ0) is 26.2. The molecule has 3 aromatic carbocycles. The van der Waals surface area contributed by atoms with Crippen molar-refractivity contribution in [3.8, 4) is 5.75 Å². The molecule has 1 aliphatic carbocycles. The van der Waals surface area contributed by atoms with Crippen LogP contribution in [0, 0.1) is 5.92 Å². The standard InChI is InChI=1S/C32H29ClN2O3/c1-20(32(36)37)26-6-4-7-27-28-17-25(38-19-24-14-11-22-5-2-3-8-29(22)34-24)15-16-30(28)35(31(26)27)18-21-9-12-23(33)13-10-21/h2-3,5,8-17,20,26H,4,6-7,18-19H2,1H3,(H,36,37). The molecule has 1 N–H and O–H groups in total. The number of rotatable bonds is 7. The number of carboxylic acid groups (broad SMARTS) is 1. The summed E-state index contributed by atoms with van der Waals surface area (Å²) in [4.78, 5) is 16.8. The highest BCUT2D eigenvalue weighted by Gasteiger charge is 2.34. The van der Waals surface area contributed by atoms with Gasteiger partial charge in [0.15, 0.2) is 0 Å². The molecule has 2 heterocycles. The van der Waals surface area contributed by atoms with E-state index in [-0.39, 0.29) is 5.92 Å². The van der Waals surface area contributed by atoms with E-state index in [9.17, 15) is 9.90 Å². The van der Waals surface area contributed by atoms with Crippen molar-refractivity contribution < 1.29 is 14.6 Å². The molecule has 0 aliphatic heterocycles. The van der Waals surface area contributed by atoms with E-state index in [1.54, 1.807) is 0 Å². The molecule has 0 radical (unpaired) electrons. The smallest absolute Gasteiger partial charge is 0.306 e. The lowest BCUT2D eigenvalue weighted by molar-refractivity contribution is -0.142. The SMILES string of the molecule is CC(C(=O)O)C1CCCc2c1n(Cc1ccc(Cl)cc1)c1ccc(OCc3ccc4ccccc4n3)cc21. The maximum absolute atomic E-state index is 12.0. The highest BCUT2D eigenvalue weighted by atomic mass is 35.5. The topological polar surface area (TPSA) is 64.3 Å². The van der Waals surface area contributed by atoms with E-state index in [0.29, 0.717) is 18.2 Å². The predicted molar refractivity (Wildman–Crippen MR) is 151 cm³/mol. The van der Waals surface area contributed by atoms with Gasteiger partial charge in [-0.2, -0.15) is 0 Å². The molecule has 1 aliphatic rings. The first-order valence-electron chi connectivity index (χ1n) is 13.1. The van der Waals surface area contributed by atoms with E-state index in [1.165, 1.54) is 5.56 Å². The molecule has 192 valence electrons. The van der Waals surface area contributed by atoms with Crippen LogP contribution in [0.15, 0.2) is 78.9 Å². The Hall–Kier alpha value is -3.83. The Morgan fingerprint density at radius 3 is 2.74 bits per heavy atom. The number of fused-ring (bicyclic) bond motifs is 4.